The first-order valence-corrected chi connectivity index (χ1v) is 23.3. The lowest BCUT2D eigenvalue weighted by molar-refractivity contribution is -0.336. The number of hydrogen-bond donors (Lipinski definition) is 2. The van der Waals surface area contributed by atoms with Crippen molar-refractivity contribution in [2.45, 2.75) is 190 Å². The third-order valence-electron chi connectivity index (χ3n) is 14.7. The fourth-order valence-corrected chi connectivity index (χ4v) is 14.0. The summed E-state index contributed by atoms with van der Waals surface area (Å²) in [5, 5.41) is 18.9. The number of esters is 1. The number of ether oxygens (including phenoxy) is 1. The molecule has 53 heavy (non-hydrogen) atoms. The van der Waals surface area contributed by atoms with Crippen molar-refractivity contribution in [1.82, 2.24) is 0 Å². The molecule has 0 radical (unpaired) electrons. The zero-order valence-corrected chi connectivity index (χ0v) is 32.9. The lowest BCUT2D eigenvalue weighted by Crippen LogP contribution is -2.41. The van der Waals surface area contributed by atoms with Crippen LogP contribution in [0, 0.1) is 47.3 Å². The molecule has 0 saturated heterocycles. The zero-order chi connectivity index (χ0) is 37.4. The molecule has 0 spiro atoms. The van der Waals surface area contributed by atoms with Crippen molar-refractivity contribution in [3.8, 4) is 0 Å². The number of carbonyl (C=O) groups excluding carboxylic acids is 1. The zero-order valence-electron chi connectivity index (χ0n) is 32.1. The molecule has 2 N–H and O–H groups in total. The Balaban J connectivity index is 0.907. The van der Waals surface area contributed by atoms with E-state index in [0.717, 1.165) is 31.6 Å². The molecule has 0 aromatic carbocycles. The number of hydrogen-bond acceptors (Lipinski definition) is 8. The Morgan fingerprint density at radius 2 is 1.00 bits per heavy atom. The van der Waals surface area contributed by atoms with Gasteiger partial charge in [0.1, 0.15) is 6.10 Å². The van der Waals surface area contributed by atoms with Crippen LogP contribution >= 0.6 is 0 Å². The van der Waals surface area contributed by atoms with Crippen molar-refractivity contribution in [3.05, 3.63) is 0 Å². The predicted molar refractivity (Wildman–Crippen MR) is 200 cm³/mol. The highest BCUT2D eigenvalue weighted by Crippen LogP contribution is 2.43. The lowest BCUT2D eigenvalue weighted by Gasteiger charge is -2.37. The van der Waals surface area contributed by atoms with Gasteiger partial charge in [0.25, 0.3) is 0 Å². The fourth-order valence-electron chi connectivity index (χ4n) is 11.6. The lowest BCUT2D eigenvalue weighted by atomic mass is 9.70. The van der Waals surface area contributed by atoms with Gasteiger partial charge in [-0.15, -0.1) is 0 Å². The molecule has 6 saturated carbocycles. The maximum atomic E-state index is 13.7. The van der Waals surface area contributed by atoms with Crippen LogP contribution in [0.15, 0.2) is 0 Å². The molecule has 10 nitrogen and oxygen atoms in total. The average Bonchev–Trinajstić information content (AvgIpc) is 3.16. The summed E-state index contributed by atoms with van der Waals surface area (Å²) < 4.78 is 33.4. The number of aliphatic carboxylic acids is 2. The summed E-state index contributed by atoms with van der Waals surface area (Å²) in [6.07, 6.45) is 23.1. The summed E-state index contributed by atoms with van der Waals surface area (Å²) in [4.78, 5) is 49.1. The summed E-state index contributed by atoms with van der Waals surface area (Å²) in [6.45, 7) is 0.267. The summed E-state index contributed by atoms with van der Waals surface area (Å²) in [5.41, 5.74) is 0. The Labute approximate surface area is 318 Å². The van der Waals surface area contributed by atoms with Crippen molar-refractivity contribution >= 4 is 27.7 Å². The van der Waals surface area contributed by atoms with Crippen molar-refractivity contribution in [3.63, 3.8) is 0 Å². The molecule has 6 fully saturated rings. The highest BCUT2D eigenvalue weighted by molar-refractivity contribution is 7.92. The van der Waals surface area contributed by atoms with Crippen LogP contribution in [-0.4, -0.2) is 65.9 Å². The van der Waals surface area contributed by atoms with Crippen LogP contribution in [0.3, 0.4) is 0 Å². The van der Waals surface area contributed by atoms with Gasteiger partial charge in [-0.2, -0.15) is 0 Å². The third kappa shape index (κ3) is 11.2. The molecule has 0 aliphatic heterocycles. The van der Waals surface area contributed by atoms with Crippen LogP contribution in [0.5, 0.6) is 0 Å². The van der Waals surface area contributed by atoms with Gasteiger partial charge in [0.15, 0.2) is 9.84 Å². The van der Waals surface area contributed by atoms with Crippen molar-refractivity contribution in [2.24, 2.45) is 47.3 Å². The van der Waals surface area contributed by atoms with E-state index in [1.807, 2.05) is 0 Å². The SMILES string of the molecule is O=C(O)C1CCC(CC2CCCCC2)CC1COOC1CCC(S(=O)(=O)C2CCC(OC(=O)C3CC(CC4CCCCC4)CCC3C(=O)O)CC2)CC1. The molecule has 6 rings (SSSR count). The highest BCUT2D eigenvalue weighted by atomic mass is 32.2. The summed E-state index contributed by atoms with van der Waals surface area (Å²) >= 11 is 0. The monoisotopic (exact) mass is 764 g/mol. The van der Waals surface area contributed by atoms with Gasteiger partial charge in [-0.25, -0.2) is 18.2 Å². The third-order valence-corrected chi connectivity index (χ3v) is 17.5. The molecule has 0 aromatic rings. The van der Waals surface area contributed by atoms with Crippen molar-refractivity contribution < 1.29 is 47.5 Å². The second-order valence-corrected chi connectivity index (χ2v) is 20.8. The second kappa shape index (κ2) is 19.4. The topological polar surface area (TPSA) is 154 Å². The normalized spacial score (nSPS) is 36.8. The van der Waals surface area contributed by atoms with Crippen LogP contribution in [0.25, 0.3) is 0 Å². The molecule has 0 amide bonds. The van der Waals surface area contributed by atoms with E-state index in [-0.39, 0.29) is 24.7 Å². The van der Waals surface area contributed by atoms with E-state index in [0.29, 0.717) is 88.4 Å². The molecule has 6 aliphatic carbocycles. The summed E-state index contributed by atoms with van der Waals surface area (Å²) in [6, 6.07) is 0. The maximum Gasteiger partial charge on any atom is 0.310 e. The van der Waals surface area contributed by atoms with E-state index in [1.54, 1.807) is 0 Å². The van der Waals surface area contributed by atoms with Gasteiger partial charge < -0.3 is 14.9 Å². The first-order chi connectivity index (χ1) is 25.6. The molecular formula is C42H68O10S. The Morgan fingerprint density at radius 1 is 0.509 bits per heavy atom. The van der Waals surface area contributed by atoms with Gasteiger partial charge in [-0.3, -0.25) is 14.4 Å². The number of rotatable bonds is 14. The minimum absolute atomic E-state index is 0.0645. The Morgan fingerprint density at radius 3 is 1.53 bits per heavy atom. The summed E-state index contributed by atoms with van der Waals surface area (Å²) in [5.74, 6) is -1.49. The smallest absolute Gasteiger partial charge is 0.310 e. The highest BCUT2D eigenvalue weighted by Gasteiger charge is 2.44. The molecule has 6 aliphatic rings. The largest absolute Gasteiger partial charge is 0.481 e. The quantitative estimate of drug-likeness (QED) is 0.0998. The van der Waals surface area contributed by atoms with E-state index >= 15 is 0 Å². The van der Waals surface area contributed by atoms with Gasteiger partial charge >= 0.3 is 17.9 Å². The standard InChI is InChI=1S/C42H68O10S/c43-40(44)37-21-11-30(23-28-7-3-1-4-8-28)25-32(37)27-50-52-34-15-19-36(20-16-34)53(48,49)35-17-13-33(14-18-35)51-42(47)39-26-31(12-22-38(39)41(45)46)24-29-9-5-2-6-10-29/h28-39H,1-27H2,(H,43,44)(H,45,46). The maximum absolute atomic E-state index is 13.7. The van der Waals surface area contributed by atoms with Crippen LogP contribution in [0.2, 0.25) is 0 Å². The Kier molecular flexibility index (Phi) is 15.0. The van der Waals surface area contributed by atoms with Gasteiger partial charge in [-0.1, -0.05) is 64.2 Å². The van der Waals surface area contributed by atoms with Gasteiger partial charge in [-0.05, 0) is 132 Å². The van der Waals surface area contributed by atoms with E-state index < -0.39 is 56.0 Å². The Bertz CT molecular complexity index is 1290. The van der Waals surface area contributed by atoms with Gasteiger partial charge in [0.05, 0.1) is 41.0 Å². The minimum atomic E-state index is -3.38. The minimum Gasteiger partial charge on any atom is -0.481 e. The van der Waals surface area contributed by atoms with Gasteiger partial charge in [0.2, 0.25) is 0 Å². The van der Waals surface area contributed by atoms with E-state index in [2.05, 4.69) is 0 Å². The molecule has 0 aromatic heterocycles. The number of sulfone groups is 1. The first-order valence-electron chi connectivity index (χ1n) is 21.7. The summed E-state index contributed by atoms with van der Waals surface area (Å²) in [7, 11) is -3.38. The van der Waals surface area contributed by atoms with Crippen LogP contribution in [0.4, 0.5) is 0 Å². The molecule has 6 atom stereocenters. The molecule has 302 valence electrons. The van der Waals surface area contributed by atoms with Gasteiger partial charge in [0, 0.05) is 0 Å². The van der Waals surface area contributed by atoms with Crippen LogP contribution in [-0.2, 0) is 38.7 Å². The molecule has 11 heteroatoms. The van der Waals surface area contributed by atoms with Crippen molar-refractivity contribution in [2.75, 3.05) is 6.61 Å². The van der Waals surface area contributed by atoms with E-state index in [4.69, 9.17) is 14.5 Å². The fraction of sp³-hybridized carbons (Fsp3) is 0.929. The van der Waals surface area contributed by atoms with E-state index in [1.165, 1.54) is 70.6 Å². The first kappa shape index (κ1) is 40.9. The van der Waals surface area contributed by atoms with E-state index in [9.17, 15) is 33.0 Å². The molecule has 6 unspecified atom stereocenters. The molecule has 0 heterocycles. The Hall–Kier alpha value is -1.72. The second-order valence-electron chi connectivity index (χ2n) is 18.3. The average molecular weight is 765 g/mol. The molecule has 0 bridgehead atoms. The predicted octanol–water partition coefficient (Wildman–Crippen LogP) is 8.69. The number of carboxylic acid groups (broad SMARTS) is 2. The van der Waals surface area contributed by atoms with Crippen molar-refractivity contribution in [1.29, 1.82) is 0 Å². The molecular weight excluding hydrogens is 697 g/mol. The van der Waals surface area contributed by atoms with Crippen LogP contribution in [0.1, 0.15) is 167 Å². The number of carbonyl (C=O) groups is 3. The number of carboxylic acids is 2. The van der Waals surface area contributed by atoms with Crippen LogP contribution < -0.4 is 0 Å².